The number of amides is 2. The van der Waals surface area contributed by atoms with Crippen LogP contribution in [0.5, 0.6) is 5.75 Å². The van der Waals surface area contributed by atoms with Crippen LogP contribution in [0.4, 0.5) is 11.4 Å². The van der Waals surface area contributed by atoms with E-state index in [-0.39, 0.29) is 17.9 Å². The highest BCUT2D eigenvalue weighted by molar-refractivity contribution is 6.05. The third-order valence-corrected chi connectivity index (χ3v) is 4.39. The summed E-state index contributed by atoms with van der Waals surface area (Å²) in [6.45, 7) is 2.30. The number of benzene rings is 2. The number of para-hydroxylation sites is 2. The molecule has 2 amide bonds. The van der Waals surface area contributed by atoms with Crippen LogP contribution in [0.15, 0.2) is 48.5 Å². The standard InChI is InChI=1S/C21H24N4O3/c1-15(25(2)14-6-13-22)20(26)23-17-11-9-16(10-12-17)21(27)24-18-7-4-5-8-19(18)28-3/h4-5,7-12,15H,6,14H2,1-3H3,(H,23,26)(H,24,27). The van der Waals surface area contributed by atoms with Crippen LogP contribution in [0.3, 0.4) is 0 Å². The molecule has 2 aromatic carbocycles. The molecule has 1 unspecified atom stereocenters. The molecule has 0 aliphatic heterocycles. The number of methoxy groups -OCH3 is 1. The molecule has 0 aromatic heterocycles. The molecule has 0 radical (unpaired) electrons. The molecule has 7 heteroatoms. The minimum atomic E-state index is -0.373. The van der Waals surface area contributed by atoms with E-state index in [1.165, 1.54) is 0 Å². The van der Waals surface area contributed by atoms with E-state index in [1.807, 2.05) is 17.0 Å². The number of ether oxygens (including phenoxy) is 1. The molecule has 0 heterocycles. The van der Waals surface area contributed by atoms with E-state index in [0.717, 1.165) is 0 Å². The molecule has 0 saturated carbocycles. The maximum absolute atomic E-state index is 12.4. The van der Waals surface area contributed by atoms with Crippen molar-refractivity contribution < 1.29 is 14.3 Å². The van der Waals surface area contributed by atoms with E-state index >= 15 is 0 Å². The van der Waals surface area contributed by atoms with Crippen molar-refractivity contribution in [3.8, 4) is 11.8 Å². The average Bonchev–Trinajstić information content (AvgIpc) is 2.72. The second-order valence-corrected chi connectivity index (χ2v) is 6.29. The number of likely N-dealkylation sites (N-methyl/N-ethyl adjacent to an activating group) is 1. The minimum absolute atomic E-state index is 0.174. The van der Waals surface area contributed by atoms with Crippen molar-refractivity contribution in [2.24, 2.45) is 0 Å². The Balaban J connectivity index is 1.98. The van der Waals surface area contributed by atoms with Gasteiger partial charge in [-0.3, -0.25) is 14.5 Å². The Morgan fingerprint density at radius 3 is 2.46 bits per heavy atom. The lowest BCUT2D eigenvalue weighted by molar-refractivity contribution is -0.120. The maximum atomic E-state index is 12.4. The molecule has 0 bridgehead atoms. The van der Waals surface area contributed by atoms with Crippen LogP contribution < -0.4 is 15.4 Å². The van der Waals surface area contributed by atoms with Crippen LogP contribution in [-0.2, 0) is 4.79 Å². The smallest absolute Gasteiger partial charge is 0.255 e. The Bertz CT molecular complexity index is 859. The lowest BCUT2D eigenvalue weighted by atomic mass is 10.1. The third-order valence-electron chi connectivity index (χ3n) is 4.39. The van der Waals surface area contributed by atoms with Crippen molar-refractivity contribution >= 4 is 23.2 Å². The van der Waals surface area contributed by atoms with Gasteiger partial charge in [-0.15, -0.1) is 0 Å². The first-order valence-corrected chi connectivity index (χ1v) is 8.88. The van der Waals surface area contributed by atoms with E-state index in [9.17, 15) is 9.59 Å². The second kappa shape index (κ2) is 10.1. The summed E-state index contributed by atoms with van der Waals surface area (Å²) in [5, 5.41) is 14.3. The first-order chi connectivity index (χ1) is 13.5. The summed E-state index contributed by atoms with van der Waals surface area (Å²) in [5.41, 5.74) is 1.64. The summed E-state index contributed by atoms with van der Waals surface area (Å²) in [7, 11) is 3.34. The molecule has 146 valence electrons. The van der Waals surface area contributed by atoms with E-state index < -0.39 is 0 Å². The van der Waals surface area contributed by atoms with Crippen LogP contribution >= 0.6 is 0 Å². The SMILES string of the molecule is COc1ccccc1NC(=O)c1ccc(NC(=O)C(C)N(C)CCC#N)cc1. The Labute approximate surface area is 164 Å². The van der Waals surface area contributed by atoms with Gasteiger partial charge in [0.2, 0.25) is 5.91 Å². The number of carbonyl (C=O) groups is 2. The fourth-order valence-corrected chi connectivity index (χ4v) is 2.51. The van der Waals surface area contributed by atoms with Gasteiger partial charge >= 0.3 is 0 Å². The van der Waals surface area contributed by atoms with Gasteiger partial charge in [0.1, 0.15) is 5.75 Å². The number of nitriles is 1. The average molecular weight is 380 g/mol. The van der Waals surface area contributed by atoms with Crippen molar-refractivity contribution in [1.29, 1.82) is 5.26 Å². The molecule has 1 atom stereocenters. The zero-order valence-corrected chi connectivity index (χ0v) is 16.2. The Kier molecular flexibility index (Phi) is 7.55. The van der Waals surface area contributed by atoms with Gasteiger partial charge in [0.05, 0.1) is 24.9 Å². The highest BCUT2D eigenvalue weighted by Gasteiger charge is 2.18. The third kappa shape index (κ3) is 5.56. The molecular formula is C21H24N4O3. The van der Waals surface area contributed by atoms with E-state index in [2.05, 4.69) is 16.7 Å². The topological polar surface area (TPSA) is 94.5 Å². The monoisotopic (exact) mass is 380 g/mol. The molecule has 2 N–H and O–H groups in total. The first kappa shape index (κ1) is 20.9. The van der Waals surface area contributed by atoms with Crippen LogP contribution in [0.1, 0.15) is 23.7 Å². The quantitative estimate of drug-likeness (QED) is 0.734. The van der Waals surface area contributed by atoms with Crippen molar-refractivity contribution in [2.75, 3.05) is 31.3 Å². The fourth-order valence-electron chi connectivity index (χ4n) is 2.51. The van der Waals surface area contributed by atoms with E-state index in [0.29, 0.717) is 35.7 Å². The van der Waals surface area contributed by atoms with Crippen molar-refractivity contribution in [3.05, 3.63) is 54.1 Å². The Morgan fingerprint density at radius 2 is 1.82 bits per heavy atom. The molecule has 2 rings (SSSR count). The number of hydrogen-bond acceptors (Lipinski definition) is 5. The van der Waals surface area contributed by atoms with Crippen LogP contribution in [-0.4, -0.2) is 43.5 Å². The highest BCUT2D eigenvalue weighted by Crippen LogP contribution is 2.23. The predicted octanol–water partition coefficient (Wildman–Crippen LogP) is 3.12. The molecule has 0 saturated heterocycles. The lowest BCUT2D eigenvalue weighted by Crippen LogP contribution is -2.40. The number of hydrogen-bond donors (Lipinski definition) is 2. The number of carbonyl (C=O) groups excluding carboxylic acids is 2. The molecule has 0 fully saturated rings. The molecule has 28 heavy (non-hydrogen) atoms. The van der Waals surface area contributed by atoms with Crippen molar-refractivity contribution in [2.45, 2.75) is 19.4 Å². The minimum Gasteiger partial charge on any atom is -0.495 e. The predicted molar refractivity (Wildman–Crippen MR) is 108 cm³/mol. The van der Waals surface area contributed by atoms with Gasteiger partial charge in [-0.25, -0.2) is 0 Å². The van der Waals surface area contributed by atoms with Gasteiger partial charge in [-0.05, 0) is 50.4 Å². The van der Waals surface area contributed by atoms with Gasteiger partial charge in [0.15, 0.2) is 0 Å². The number of rotatable bonds is 8. The Morgan fingerprint density at radius 1 is 1.14 bits per heavy atom. The van der Waals surface area contributed by atoms with Gasteiger partial charge in [0.25, 0.3) is 5.91 Å². The van der Waals surface area contributed by atoms with E-state index in [4.69, 9.17) is 10.00 Å². The summed E-state index contributed by atoms with van der Waals surface area (Å²) in [6.07, 6.45) is 0.365. The first-order valence-electron chi connectivity index (χ1n) is 8.88. The second-order valence-electron chi connectivity index (χ2n) is 6.29. The molecule has 0 aliphatic carbocycles. The van der Waals surface area contributed by atoms with E-state index in [1.54, 1.807) is 57.5 Å². The lowest BCUT2D eigenvalue weighted by Gasteiger charge is -2.22. The van der Waals surface area contributed by atoms with Crippen LogP contribution in [0, 0.1) is 11.3 Å². The summed E-state index contributed by atoms with van der Waals surface area (Å²) in [4.78, 5) is 26.6. The normalized spacial score (nSPS) is 11.4. The summed E-state index contributed by atoms with van der Waals surface area (Å²) in [5.74, 6) is 0.132. The summed E-state index contributed by atoms with van der Waals surface area (Å²) >= 11 is 0. The maximum Gasteiger partial charge on any atom is 0.255 e. The summed E-state index contributed by atoms with van der Waals surface area (Å²) in [6, 6.07) is 15.5. The zero-order valence-electron chi connectivity index (χ0n) is 16.2. The largest absolute Gasteiger partial charge is 0.495 e. The summed E-state index contributed by atoms with van der Waals surface area (Å²) < 4.78 is 5.23. The molecule has 7 nitrogen and oxygen atoms in total. The fraction of sp³-hybridized carbons (Fsp3) is 0.286. The van der Waals surface area contributed by atoms with Crippen LogP contribution in [0.2, 0.25) is 0 Å². The van der Waals surface area contributed by atoms with Gasteiger partial charge in [-0.1, -0.05) is 12.1 Å². The van der Waals surface area contributed by atoms with Gasteiger partial charge in [-0.2, -0.15) is 5.26 Å². The molecular weight excluding hydrogens is 356 g/mol. The van der Waals surface area contributed by atoms with Crippen molar-refractivity contribution in [3.63, 3.8) is 0 Å². The van der Waals surface area contributed by atoms with Gasteiger partial charge < -0.3 is 15.4 Å². The van der Waals surface area contributed by atoms with Crippen molar-refractivity contribution in [1.82, 2.24) is 4.90 Å². The Hall–Kier alpha value is -3.37. The highest BCUT2D eigenvalue weighted by atomic mass is 16.5. The van der Waals surface area contributed by atoms with Gasteiger partial charge in [0, 0.05) is 24.2 Å². The molecule has 2 aromatic rings. The number of nitrogens with zero attached hydrogens (tertiary/aromatic N) is 2. The van der Waals surface area contributed by atoms with Crippen LogP contribution in [0.25, 0.3) is 0 Å². The number of nitrogens with one attached hydrogen (secondary N) is 2. The molecule has 0 aliphatic rings. The zero-order chi connectivity index (χ0) is 20.5. The number of anilines is 2. The molecule has 0 spiro atoms.